The van der Waals surface area contributed by atoms with Gasteiger partial charge in [0, 0.05) is 19.3 Å². The molecule has 1 unspecified atom stereocenters. The van der Waals surface area contributed by atoms with Crippen LogP contribution in [0, 0.1) is 17.7 Å². The van der Waals surface area contributed by atoms with Crippen LogP contribution in [0.2, 0.25) is 5.02 Å². The van der Waals surface area contributed by atoms with Gasteiger partial charge in [-0.05, 0) is 48.9 Å². The summed E-state index contributed by atoms with van der Waals surface area (Å²) in [5.74, 6) is 7.21. The number of nitrogens with zero attached hydrogens (tertiary/aromatic N) is 3. The van der Waals surface area contributed by atoms with Gasteiger partial charge in [0.15, 0.2) is 0 Å². The fourth-order valence-corrected chi connectivity index (χ4v) is 4.60. The van der Waals surface area contributed by atoms with Gasteiger partial charge in [-0.1, -0.05) is 35.6 Å². The highest BCUT2D eigenvalue weighted by molar-refractivity contribution is 7.20. The molecule has 2 aromatic carbocycles. The molecule has 6 nitrogen and oxygen atoms in total. The molecule has 0 fully saturated rings. The summed E-state index contributed by atoms with van der Waals surface area (Å²) in [5, 5.41) is 0.458. The highest BCUT2D eigenvalue weighted by Crippen LogP contribution is 2.31. The third-order valence-electron chi connectivity index (χ3n) is 5.28. The number of ether oxygens (including phenoxy) is 2. The van der Waals surface area contributed by atoms with E-state index in [4.69, 9.17) is 26.8 Å². The first-order chi connectivity index (χ1) is 16.9. The zero-order valence-corrected chi connectivity index (χ0v) is 20.9. The van der Waals surface area contributed by atoms with Gasteiger partial charge in [-0.25, -0.2) is 14.4 Å². The lowest BCUT2D eigenvalue weighted by atomic mass is 10.2. The zero-order valence-electron chi connectivity index (χ0n) is 19.3. The SMILES string of the molecule is COCCN(c1ccc(OCc2cccc(F)c2)c(Cl)c1)C(C)C#Cc1cc2ncnc(N)c2s1. The first-order valence-corrected chi connectivity index (χ1v) is 12.1. The van der Waals surface area contributed by atoms with E-state index in [1.54, 1.807) is 19.2 Å². The monoisotopic (exact) mass is 510 g/mol. The molecule has 180 valence electrons. The van der Waals surface area contributed by atoms with Crippen molar-refractivity contribution in [3.8, 4) is 17.6 Å². The second-order valence-electron chi connectivity index (χ2n) is 7.75. The van der Waals surface area contributed by atoms with Crippen LogP contribution in [0.3, 0.4) is 0 Å². The molecule has 0 saturated carbocycles. The van der Waals surface area contributed by atoms with Crippen LogP contribution in [0.4, 0.5) is 15.9 Å². The number of thiophene rings is 1. The molecule has 0 spiro atoms. The molecule has 2 N–H and O–H groups in total. The predicted molar refractivity (Wildman–Crippen MR) is 140 cm³/mol. The molecule has 1 atom stereocenters. The fourth-order valence-electron chi connectivity index (χ4n) is 3.50. The lowest BCUT2D eigenvalue weighted by molar-refractivity contribution is 0.204. The van der Waals surface area contributed by atoms with Crippen LogP contribution >= 0.6 is 22.9 Å². The van der Waals surface area contributed by atoms with Crippen molar-refractivity contribution in [3.63, 3.8) is 0 Å². The maximum Gasteiger partial charge on any atom is 0.144 e. The first-order valence-electron chi connectivity index (χ1n) is 10.9. The summed E-state index contributed by atoms with van der Waals surface area (Å²) in [6, 6.07) is 13.6. The van der Waals surface area contributed by atoms with Gasteiger partial charge in [0.2, 0.25) is 0 Å². The van der Waals surface area contributed by atoms with Crippen LogP contribution in [-0.2, 0) is 11.3 Å². The third-order valence-corrected chi connectivity index (χ3v) is 6.63. The topological polar surface area (TPSA) is 73.5 Å². The minimum Gasteiger partial charge on any atom is -0.487 e. The molecule has 0 bridgehead atoms. The van der Waals surface area contributed by atoms with Crippen LogP contribution in [-0.4, -0.2) is 36.3 Å². The van der Waals surface area contributed by atoms with Crippen molar-refractivity contribution < 1.29 is 13.9 Å². The van der Waals surface area contributed by atoms with Gasteiger partial charge in [-0.2, -0.15) is 0 Å². The van der Waals surface area contributed by atoms with E-state index < -0.39 is 0 Å². The van der Waals surface area contributed by atoms with Gasteiger partial charge in [0.25, 0.3) is 0 Å². The molecular formula is C26H24ClFN4O2S. The number of methoxy groups -OCH3 is 1. The van der Waals surface area contributed by atoms with E-state index in [1.165, 1.54) is 29.8 Å². The van der Waals surface area contributed by atoms with Crippen LogP contribution in [0.25, 0.3) is 10.2 Å². The van der Waals surface area contributed by atoms with Gasteiger partial charge < -0.3 is 20.1 Å². The molecule has 2 aromatic heterocycles. The third kappa shape index (κ3) is 6.20. The van der Waals surface area contributed by atoms with Crippen LogP contribution in [0.5, 0.6) is 5.75 Å². The van der Waals surface area contributed by atoms with Crippen LogP contribution < -0.4 is 15.4 Å². The van der Waals surface area contributed by atoms with Crippen molar-refractivity contribution in [2.45, 2.75) is 19.6 Å². The van der Waals surface area contributed by atoms with E-state index in [2.05, 4.69) is 26.7 Å². The Kier molecular flexibility index (Phi) is 8.03. The predicted octanol–water partition coefficient (Wildman–Crippen LogP) is 5.54. The summed E-state index contributed by atoms with van der Waals surface area (Å²) in [7, 11) is 1.66. The highest BCUT2D eigenvalue weighted by atomic mass is 35.5. The lowest BCUT2D eigenvalue weighted by Crippen LogP contribution is -2.35. The second kappa shape index (κ2) is 11.4. The molecule has 0 aliphatic rings. The molecule has 2 heterocycles. The molecule has 0 saturated heterocycles. The van der Waals surface area contributed by atoms with E-state index in [9.17, 15) is 4.39 Å². The van der Waals surface area contributed by atoms with Crippen LogP contribution in [0.1, 0.15) is 17.4 Å². The van der Waals surface area contributed by atoms with E-state index in [0.29, 0.717) is 29.7 Å². The number of rotatable bonds is 8. The molecule has 0 aliphatic heterocycles. The highest BCUT2D eigenvalue weighted by Gasteiger charge is 2.15. The van der Waals surface area contributed by atoms with Crippen molar-refractivity contribution in [2.75, 3.05) is 30.9 Å². The molecule has 9 heteroatoms. The smallest absolute Gasteiger partial charge is 0.144 e. The van der Waals surface area contributed by atoms with Crippen molar-refractivity contribution in [1.82, 2.24) is 9.97 Å². The normalized spacial score (nSPS) is 11.7. The zero-order chi connectivity index (χ0) is 24.8. The van der Waals surface area contributed by atoms with E-state index in [1.807, 2.05) is 31.2 Å². The minimum atomic E-state index is -0.302. The molecule has 35 heavy (non-hydrogen) atoms. The van der Waals surface area contributed by atoms with Crippen LogP contribution in [0.15, 0.2) is 54.9 Å². The van der Waals surface area contributed by atoms with Gasteiger partial charge in [-0.3, -0.25) is 0 Å². The first kappa shape index (κ1) is 24.7. The molecule has 4 aromatic rings. The molecule has 0 amide bonds. The number of benzene rings is 2. The van der Waals surface area contributed by atoms with Crippen molar-refractivity contribution in [1.29, 1.82) is 0 Å². The number of fused-ring (bicyclic) bond motifs is 1. The average Bonchev–Trinajstić information content (AvgIpc) is 3.27. The van der Waals surface area contributed by atoms with E-state index in [-0.39, 0.29) is 18.5 Å². The number of aromatic nitrogens is 2. The number of hydrogen-bond acceptors (Lipinski definition) is 7. The largest absolute Gasteiger partial charge is 0.487 e. The minimum absolute atomic E-state index is 0.131. The quantitative estimate of drug-likeness (QED) is 0.314. The Hall–Kier alpha value is -3.38. The van der Waals surface area contributed by atoms with E-state index in [0.717, 1.165) is 26.3 Å². The number of nitrogen functional groups attached to an aromatic ring is 1. The standard InChI is InChI=1S/C26H24ClFN4O2S/c1-17(6-8-21-14-23-25(35-21)26(29)31-16-30-23)32(10-11-33-2)20-7-9-24(22(27)13-20)34-15-18-4-3-5-19(28)12-18/h3-5,7,9,12-14,16-17H,10-11,15H2,1-2H3,(H2,29,30,31). The summed E-state index contributed by atoms with van der Waals surface area (Å²) >= 11 is 8.00. The Morgan fingerprint density at radius 3 is 2.80 bits per heavy atom. The number of halogens is 2. The van der Waals surface area contributed by atoms with E-state index >= 15 is 0 Å². The second-order valence-corrected chi connectivity index (χ2v) is 9.21. The Morgan fingerprint density at radius 2 is 2.06 bits per heavy atom. The molecule has 0 aliphatic carbocycles. The Balaban J connectivity index is 1.51. The van der Waals surface area contributed by atoms with Crippen molar-refractivity contribution in [3.05, 3.63) is 76.1 Å². The molecule has 4 rings (SSSR count). The number of nitrogens with two attached hydrogens (primary N) is 1. The van der Waals surface area contributed by atoms with Gasteiger partial charge >= 0.3 is 0 Å². The average molecular weight is 511 g/mol. The van der Waals surface area contributed by atoms with Gasteiger partial charge in [-0.15, -0.1) is 11.3 Å². The number of anilines is 2. The molecule has 0 radical (unpaired) electrons. The summed E-state index contributed by atoms with van der Waals surface area (Å²) in [4.78, 5) is 11.3. The molecular weight excluding hydrogens is 487 g/mol. The van der Waals surface area contributed by atoms with Gasteiger partial charge in [0.1, 0.15) is 30.3 Å². The van der Waals surface area contributed by atoms with Gasteiger partial charge in [0.05, 0.1) is 32.8 Å². The summed E-state index contributed by atoms with van der Waals surface area (Å²) in [6.07, 6.45) is 1.45. The van der Waals surface area contributed by atoms with Crippen molar-refractivity contribution in [2.24, 2.45) is 0 Å². The van der Waals surface area contributed by atoms with Crippen molar-refractivity contribution >= 4 is 44.7 Å². The Morgan fingerprint density at radius 1 is 1.20 bits per heavy atom. The summed E-state index contributed by atoms with van der Waals surface area (Å²) < 4.78 is 25.4. The fraction of sp³-hybridized carbons (Fsp3) is 0.231. The lowest BCUT2D eigenvalue weighted by Gasteiger charge is -2.28. The Bertz CT molecular complexity index is 1380. The Labute approximate surface area is 212 Å². The maximum absolute atomic E-state index is 13.4. The maximum atomic E-state index is 13.4. The number of hydrogen-bond donors (Lipinski definition) is 1. The summed E-state index contributed by atoms with van der Waals surface area (Å²) in [5.41, 5.74) is 8.34. The summed E-state index contributed by atoms with van der Waals surface area (Å²) in [6.45, 7) is 3.38.